The molecular weight excluding hydrogens is 333 g/mol. The Morgan fingerprint density at radius 3 is 2.96 bits per heavy atom. The highest BCUT2D eigenvalue weighted by Gasteiger charge is 2.14. The van der Waals surface area contributed by atoms with Crippen LogP contribution in [-0.2, 0) is 0 Å². The molecule has 0 radical (unpaired) electrons. The van der Waals surface area contributed by atoms with Gasteiger partial charge in [0, 0.05) is 10.3 Å². The molecule has 3 aromatic heterocycles. The number of nitrogens with zero attached hydrogens (tertiary/aromatic N) is 4. The van der Waals surface area contributed by atoms with E-state index in [1.807, 2.05) is 13.0 Å². The van der Waals surface area contributed by atoms with E-state index < -0.39 is 0 Å². The zero-order chi connectivity index (χ0) is 15.8. The normalized spacial score (nSPS) is 11.2. The number of fused-ring (bicyclic) bond motifs is 1. The van der Waals surface area contributed by atoms with Gasteiger partial charge in [-0.15, -0.1) is 16.4 Å². The van der Waals surface area contributed by atoms with Gasteiger partial charge in [0.1, 0.15) is 22.0 Å². The fraction of sp³-hybridized carbons (Fsp3) is 0.0667. The first-order chi connectivity index (χ1) is 11.2. The summed E-state index contributed by atoms with van der Waals surface area (Å²) in [5.41, 5.74) is 0.395. The Balaban J connectivity index is 1.68. The lowest BCUT2D eigenvalue weighted by atomic mass is 10.2. The number of aromatic amines is 1. The van der Waals surface area contributed by atoms with Crippen LogP contribution in [0.5, 0.6) is 0 Å². The summed E-state index contributed by atoms with van der Waals surface area (Å²) in [5, 5.41) is 9.19. The van der Waals surface area contributed by atoms with Crippen molar-refractivity contribution in [3.8, 4) is 11.4 Å². The Bertz CT molecular complexity index is 994. The first-order valence-corrected chi connectivity index (χ1v) is 8.40. The summed E-state index contributed by atoms with van der Waals surface area (Å²) < 4.78 is 13.8. The van der Waals surface area contributed by atoms with Crippen molar-refractivity contribution in [2.45, 2.75) is 17.1 Å². The minimum absolute atomic E-state index is 0.335. The highest BCUT2D eigenvalue weighted by molar-refractivity contribution is 7.99. The van der Waals surface area contributed by atoms with Crippen molar-refractivity contribution in [2.75, 3.05) is 0 Å². The Hall–Kier alpha value is -2.32. The van der Waals surface area contributed by atoms with Crippen molar-refractivity contribution in [2.24, 2.45) is 0 Å². The van der Waals surface area contributed by atoms with Gasteiger partial charge in [-0.2, -0.15) is 0 Å². The first-order valence-electron chi connectivity index (χ1n) is 6.77. The Morgan fingerprint density at radius 2 is 2.09 bits per heavy atom. The lowest BCUT2D eigenvalue weighted by Crippen LogP contribution is -1.86. The van der Waals surface area contributed by atoms with Gasteiger partial charge in [0.15, 0.2) is 5.82 Å². The molecule has 5 nitrogen and oxygen atoms in total. The van der Waals surface area contributed by atoms with Crippen molar-refractivity contribution >= 4 is 33.3 Å². The number of hydrogen-bond donors (Lipinski definition) is 1. The van der Waals surface area contributed by atoms with E-state index in [2.05, 4.69) is 25.1 Å². The molecule has 4 rings (SSSR count). The molecule has 0 aliphatic rings. The fourth-order valence-electron chi connectivity index (χ4n) is 2.19. The molecule has 0 unspecified atom stereocenters. The molecule has 0 bridgehead atoms. The maximum atomic E-state index is 13.8. The van der Waals surface area contributed by atoms with Crippen LogP contribution < -0.4 is 0 Å². The van der Waals surface area contributed by atoms with Crippen molar-refractivity contribution < 1.29 is 4.39 Å². The van der Waals surface area contributed by atoms with Gasteiger partial charge < -0.3 is 0 Å². The third kappa shape index (κ3) is 2.71. The van der Waals surface area contributed by atoms with E-state index >= 15 is 0 Å². The van der Waals surface area contributed by atoms with Crippen LogP contribution in [0.25, 0.3) is 21.6 Å². The number of aryl methyl sites for hydroxylation is 1. The molecule has 0 spiro atoms. The molecule has 0 saturated carbocycles. The molecular formula is C15H10FN5S2. The molecule has 8 heteroatoms. The van der Waals surface area contributed by atoms with E-state index in [9.17, 15) is 4.39 Å². The second-order valence-electron chi connectivity index (χ2n) is 4.80. The minimum atomic E-state index is -0.335. The highest BCUT2D eigenvalue weighted by atomic mass is 32.2. The second-order valence-corrected chi connectivity index (χ2v) is 6.99. The van der Waals surface area contributed by atoms with Gasteiger partial charge >= 0.3 is 0 Å². The number of H-pyrrole nitrogens is 1. The third-order valence-electron chi connectivity index (χ3n) is 3.20. The van der Waals surface area contributed by atoms with Gasteiger partial charge in [0.05, 0.1) is 5.56 Å². The number of hydrogen-bond acceptors (Lipinski definition) is 6. The van der Waals surface area contributed by atoms with Gasteiger partial charge in [-0.1, -0.05) is 12.1 Å². The minimum Gasteiger partial charge on any atom is -0.258 e. The van der Waals surface area contributed by atoms with Gasteiger partial charge in [0.2, 0.25) is 5.16 Å². The topological polar surface area (TPSA) is 67.3 Å². The Morgan fingerprint density at radius 1 is 1.22 bits per heavy atom. The summed E-state index contributed by atoms with van der Waals surface area (Å²) in [4.78, 5) is 15.0. The molecule has 0 fully saturated rings. The van der Waals surface area contributed by atoms with E-state index in [-0.39, 0.29) is 5.82 Å². The predicted molar refractivity (Wildman–Crippen MR) is 88.1 cm³/mol. The molecule has 4 aromatic rings. The van der Waals surface area contributed by atoms with E-state index in [1.165, 1.54) is 29.0 Å². The number of nitrogens with one attached hydrogen (secondary N) is 1. The van der Waals surface area contributed by atoms with E-state index in [0.717, 1.165) is 15.2 Å². The van der Waals surface area contributed by atoms with Crippen LogP contribution in [0, 0.1) is 12.7 Å². The molecule has 0 aliphatic heterocycles. The quantitative estimate of drug-likeness (QED) is 0.568. The van der Waals surface area contributed by atoms with Crippen LogP contribution in [0.4, 0.5) is 4.39 Å². The number of benzene rings is 1. The van der Waals surface area contributed by atoms with Crippen LogP contribution in [-0.4, -0.2) is 25.1 Å². The molecule has 0 saturated heterocycles. The van der Waals surface area contributed by atoms with Gasteiger partial charge in [-0.05, 0) is 36.9 Å². The summed E-state index contributed by atoms with van der Waals surface area (Å²) in [7, 11) is 0. The summed E-state index contributed by atoms with van der Waals surface area (Å²) in [6, 6.07) is 8.51. The molecule has 1 aromatic carbocycles. The average Bonchev–Trinajstić information content (AvgIpc) is 3.14. The van der Waals surface area contributed by atoms with E-state index in [4.69, 9.17) is 0 Å². The summed E-state index contributed by atoms with van der Waals surface area (Å²) in [6.07, 6.45) is 1.53. The smallest absolute Gasteiger partial charge is 0.215 e. The van der Waals surface area contributed by atoms with Crippen molar-refractivity contribution in [3.05, 3.63) is 47.4 Å². The summed E-state index contributed by atoms with van der Waals surface area (Å²) in [6.45, 7) is 2.03. The summed E-state index contributed by atoms with van der Waals surface area (Å²) in [5.74, 6) is 0.0653. The number of halogens is 1. The number of rotatable bonds is 3. The molecule has 0 aliphatic carbocycles. The number of aromatic nitrogens is 5. The lowest BCUT2D eigenvalue weighted by Gasteiger charge is -1.98. The van der Waals surface area contributed by atoms with Crippen molar-refractivity contribution in [1.82, 2.24) is 25.1 Å². The third-order valence-corrected chi connectivity index (χ3v) is 5.04. The molecule has 114 valence electrons. The van der Waals surface area contributed by atoms with Crippen LogP contribution in [0.1, 0.15) is 4.88 Å². The van der Waals surface area contributed by atoms with Gasteiger partial charge in [0.25, 0.3) is 0 Å². The maximum Gasteiger partial charge on any atom is 0.215 e. The molecule has 3 heterocycles. The van der Waals surface area contributed by atoms with Crippen LogP contribution in [0.2, 0.25) is 0 Å². The van der Waals surface area contributed by atoms with Crippen molar-refractivity contribution in [3.63, 3.8) is 0 Å². The van der Waals surface area contributed by atoms with Crippen LogP contribution >= 0.6 is 23.1 Å². The largest absolute Gasteiger partial charge is 0.258 e. The monoisotopic (exact) mass is 343 g/mol. The predicted octanol–water partition coefficient (Wildman–Crippen LogP) is 4.08. The Kier molecular flexibility index (Phi) is 3.55. The van der Waals surface area contributed by atoms with Gasteiger partial charge in [-0.3, -0.25) is 5.10 Å². The average molecular weight is 343 g/mol. The van der Waals surface area contributed by atoms with E-state index in [0.29, 0.717) is 16.5 Å². The zero-order valence-corrected chi connectivity index (χ0v) is 13.6. The van der Waals surface area contributed by atoms with Gasteiger partial charge in [-0.25, -0.2) is 19.3 Å². The van der Waals surface area contributed by atoms with Crippen LogP contribution in [0.15, 0.2) is 46.8 Å². The molecule has 0 atom stereocenters. The standard InChI is InChI=1S/C15H10FN5S2/c1-8-6-10-13(22-8)17-7-18-14(10)23-15-19-12(20-21-15)9-4-2-3-5-11(9)16/h2-7H,1H3,(H,19,20,21). The fourth-order valence-corrected chi connectivity index (χ4v) is 3.87. The number of thiophene rings is 1. The highest BCUT2D eigenvalue weighted by Crippen LogP contribution is 2.33. The lowest BCUT2D eigenvalue weighted by molar-refractivity contribution is 0.630. The van der Waals surface area contributed by atoms with Crippen LogP contribution in [0.3, 0.4) is 0 Å². The zero-order valence-electron chi connectivity index (χ0n) is 11.9. The maximum absolute atomic E-state index is 13.8. The second kappa shape index (κ2) is 5.71. The Labute approximate surface area is 139 Å². The molecule has 0 amide bonds. The SMILES string of the molecule is Cc1cc2c(Sc3n[nH]c(-c4ccccc4F)n3)ncnc2s1. The molecule has 23 heavy (non-hydrogen) atoms. The summed E-state index contributed by atoms with van der Waals surface area (Å²) >= 11 is 2.95. The van der Waals surface area contributed by atoms with Crippen molar-refractivity contribution in [1.29, 1.82) is 0 Å². The van der Waals surface area contributed by atoms with E-state index in [1.54, 1.807) is 29.5 Å². The first kappa shape index (κ1) is 14.3. The molecule has 1 N–H and O–H groups in total.